The van der Waals surface area contributed by atoms with Crippen LogP contribution in [0.3, 0.4) is 0 Å². The van der Waals surface area contributed by atoms with E-state index in [1.807, 2.05) is 42.2 Å². The molecular weight excluding hydrogens is 346 g/mol. The third kappa shape index (κ3) is 3.28. The average molecular weight is 365 g/mol. The molecule has 0 bridgehead atoms. The van der Waals surface area contributed by atoms with Crippen molar-refractivity contribution in [3.05, 3.63) is 46.9 Å². The number of aromatic nitrogens is 7. The van der Waals surface area contributed by atoms with E-state index < -0.39 is 0 Å². The van der Waals surface area contributed by atoms with Gasteiger partial charge in [-0.1, -0.05) is 37.3 Å². The van der Waals surface area contributed by atoms with Crippen molar-refractivity contribution in [3.63, 3.8) is 0 Å². The van der Waals surface area contributed by atoms with Crippen LogP contribution in [0.5, 0.6) is 0 Å². The van der Waals surface area contributed by atoms with Crippen LogP contribution >= 0.6 is 11.3 Å². The van der Waals surface area contributed by atoms with Crippen molar-refractivity contribution in [1.29, 1.82) is 0 Å². The first-order valence-corrected chi connectivity index (χ1v) is 9.25. The number of rotatable bonds is 5. The van der Waals surface area contributed by atoms with E-state index in [-0.39, 0.29) is 0 Å². The van der Waals surface area contributed by atoms with E-state index in [1.54, 1.807) is 10.7 Å². The van der Waals surface area contributed by atoms with E-state index in [9.17, 15) is 0 Å². The SMILES string of the molecule is CC(C)Cc1cc(-c2nnc3sc(C=Cc4cccnc4)nn23)n(C)n1. The summed E-state index contributed by atoms with van der Waals surface area (Å²) in [5.74, 6) is 1.27. The highest BCUT2D eigenvalue weighted by Crippen LogP contribution is 2.23. The van der Waals surface area contributed by atoms with E-state index >= 15 is 0 Å². The van der Waals surface area contributed by atoms with Crippen LogP contribution in [0.1, 0.15) is 30.1 Å². The minimum atomic E-state index is 0.555. The Morgan fingerprint density at radius 1 is 1.19 bits per heavy atom. The molecule has 4 aromatic heterocycles. The second-order valence-corrected chi connectivity index (χ2v) is 7.51. The van der Waals surface area contributed by atoms with E-state index in [2.05, 4.69) is 45.3 Å². The van der Waals surface area contributed by atoms with Crippen molar-refractivity contribution >= 4 is 28.4 Å². The first-order chi connectivity index (χ1) is 12.6. The third-order valence-electron chi connectivity index (χ3n) is 3.89. The zero-order valence-electron chi connectivity index (χ0n) is 14.9. The maximum atomic E-state index is 4.64. The number of hydrogen-bond acceptors (Lipinski definition) is 6. The van der Waals surface area contributed by atoms with Crippen molar-refractivity contribution < 1.29 is 0 Å². The largest absolute Gasteiger partial charge is 0.264 e. The monoisotopic (exact) mass is 365 g/mol. The zero-order chi connectivity index (χ0) is 18.1. The number of fused-ring (bicyclic) bond motifs is 1. The molecule has 0 radical (unpaired) electrons. The highest BCUT2D eigenvalue weighted by atomic mass is 32.1. The van der Waals surface area contributed by atoms with Gasteiger partial charge in [0.25, 0.3) is 0 Å². The second-order valence-electron chi connectivity index (χ2n) is 6.52. The average Bonchev–Trinajstić information content (AvgIpc) is 3.27. The Balaban J connectivity index is 1.66. The number of nitrogens with zero attached hydrogens (tertiary/aromatic N) is 7. The summed E-state index contributed by atoms with van der Waals surface area (Å²) in [6.07, 6.45) is 8.46. The van der Waals surface area contributed by atoms with Gasteiger partial charge in [0.1, 0.15) is 10.7 Å². The topological polar surface area (TPSA) is 73.8 Å². The number of hydrogen-bond donors (Lipinski definition) is 0. The Kier molecular flexibility index (Phi) is 4.34. The van der Waals surface area contributed by atoms with E-state index in [1.165, 1.54) is 11.3 Å². The van der Waals surface area contributed by atoms with Crippen molar-refractivity contribution in [3.8, 4) is 11.5 Å². The lowest BCUT2D eigenvalue weighted by molar-refractivity contribution is 0.621. The molecule has 132 valence electrons. The van der Waals surface area contributed by atoms with E-state index in [4.69, 9.17) is 0 Å². The molecule has 0 saturated heterocycles. The van der Waals surface area contributed by atoms with Crippen molar-refractivity contribution in [2.45, 2.75) is 20.3 Å². The fourth-order valence-corrected chi connectivity index (χ4v) is 3.50. The molecule has 0 atom stereocenters. The zero-order valence-corrected chi connectivity index (χ0v) is 15.7. The van der Waals surface area contributed by atoms with Crippen LogP contribution in [0, 0.1) is 5.92 Å². The van der Waals surface area contributed by atoms with Gasteiger partial charge in [-0.3, -0.25) is 9.67 Å². The van der Waals surface area contributed by atoms with Crippen LogP contribution in [0.15, 0.2) is 30.6 Å². The van der Waals surface area contributed by atoms with Crippen molar-refractivity contribution in [2.75, 3.05) is 0 Å². The molecule has 4 heterocycles. The molecule has 26 heavy (non-hydrogen) atoms. The van der Waals surface area contributed by atoms with Crippen LogP contribution in [0.4, 0.5) is 0 Å². The lowest BCUT2D eigenvalue weighted by Crippen LogP contribution is -1.99. The Labute approximate surface area is 155 Å². The molecular formula is C18H19N7S. The van der Waals surface area contributed by atoms with Gasteiger partial charge in [0, 0.05) is 19.4 Å². The van der Waals surface area contributed by atoms with Gasteiger partial charge >= 0.3 is 0 Å². The number of aryl methyl sites for hydroxylation is 1. The van der Waals surface area contributed by atoms with Crippen LogP contribution in [0.25, 0.3) is 28.6 Å². The molecule has 0 amide bonds. The standard InChI is InChI=1S/C18H19N7S/c1-12(2)9-14-10-15(24(3)22-14)17-20-21-18-25(17)23-16(26-18)7-6-13-5-4-8-19-11-13/h4-8,10-12H,9H2,1-3H3. The molecule has 0 aromatic carbocycles. The molecule has 4 aromatic rings. The fraction of sp³-hybridized carbons (Fsp3) is 0.278. The minimum Gasteiger partial charge on any atom is -0.264 e. The third-order valence-corrected chi connectivity index (χ3v) is 4.75. The van der Waals surface area contributed by atoms with Crippen LogP contribution < -0.4 is 0 Å². The summed E-state index contributed by atoms with van der Waals surface area (Å²) in [5, 5.41) is 18.7. The molecule has 8 heteroatoms. The molecule has 0 aliphatic carbocycles. The summed E-state index contributed by atoms with van der Waals surface area (Å²) in [6.45, 7) is 4.37. The van der Waals surface area contributed by atoms with Crippen LogP contribution in [0.2, 0.25) is 0 Å². The number of pyridine rings is 1. The van der Waals surface area contributed by atoms with Gasteiger partial charge in [-0.25, -0.2) is 0 Å². The van der Waals surface area contributed by atoms with Crippen LogP contribution in [-0.2, 0) is 13.5 Å². The van der Waals surface area contributed by atoms with Gasteiger partial charge < -0.3 is 0 Å². The minimum absolute atomic E-state index is 0.555. The summed E-state index contributed by atoms with van der Waals surface area (Å²) in [6, 6.07) is 5.98. The van der Waals surface area contributed by atoms with E-state index in [0.29, 0.717) is 11.7 Å². The molecule has 4 rings (SSSR count). The smallest absolute Gasteiger partial charge is 0.235 e. The second kappa shape index (κ2) is 6.80. The summed E-state index contributed by atoms with van der Waals surface area (Å²) in [4.78, 5) is 4.87. The molecule has 0 aliphatic rings. The first kappa shape index (κ1) is 16.6. The van der Waals surface area contributed by atoms with Gasteiger partial charge in [0.2, 0.25) is 10.8 Å². The predicted octanol–water partition coefficient (Wildman–Crippen LogP) is 3.35. The Morgan fingerprint density at radius 3 is 2.85 bits per heavy atom. The van der Waals surface area contributed by atoms with Gasteiger partial charge in [-0.2, -0.15) is 14.7 Å². The van der Waals surface area contributed by atoms with Crippen molar-refractivity contribution in [2.24, 2.45) is 13.0 Å². The summed E-state index contributed by atoms with van der Waals surface area (Å²) < 4.78 is 3.63. The molecule has 0 spiro atoms. The maximum absolute atomic E-state index is 4.64. The van der Waals surface area contributed by atoms with Gasteiger partial charge in [0.15, 0.2) is 0 Å². The molecule has 7 nitrogen and oxygen atoms in total. The summed E-state index contributed by atoms with van der Waals surface area (Å²) in [7, 11) is 1.93. The van der Waals surface area contributed by atoms with Gasteiger partial charge in [-0.15, -0.1) is 10.2 Å². The quantitative estimate of drug-likeness (QED) is 0.542. The highest BCUT2D eigenvalue weighted by Gasteiger charge is 2.17. The fourth-order valence-electron chi connectivity index (χ4n) is 2.75. The normalized spacial score (nSPS) is 12.0. The van der Waals surface area contributed by atoms with Crippen molar-refractivity contribution in [1.82, 2.24) is 34.6 Å². The summed E-state index contributed by atoms with van der Waals surface area (Å²) in [5.41, 5.74) is 3.01. The molecule has 0 saturated carbocycles. The van der Waals surface area contributed by atoms with Gasteiger partial charge in [0.05, 0.1) is 5.69 Å². The molecule has 0 unspecified atom stereocenters. The maximum Gasteiger partial charge on any atom is 0.235 e. The first-order valence-electron chi connectivity index (χ1n) is 8.44. The van der Waals surface area contributed by atoms with E-state index in [0.717, 1.165) is 33.3 Å². The molecule has 0 N–H and O–H groups in total. The Hall–Kier alpha value is -2.87. The van der Waals surface area contributed by atoms with Gasteiger partial charge in [-0.05, 0) is 36.1 Å². The lowest BCUT2D eigenvalue weighted by Gasteiger charge is -1.98. The predicted molar refractivity (Wildman–Crippen MR) is 103 cm³/mol. The summed E-state index contributed by atoms with van der Waals surface area (Å²) >= 11 is 1.50. The Morgan fingerprint density at radius 2 is 2.08 bits per heavy atom. The molecule has 0 fully saturated rings. The van der Waals surface area contributed by atoms with Crippen LogP contribution in [-0.4, -0.2) is 34.6 Å². The highest BCUT2D eigenvalue weighted by molar-refractivity contribution is 7.17. The molecule has 0 aliphatic heterocycles. The lowest BCUT2D eigenvalue weighted by atomic mass is 10.1. The Bertz CT molecular complexity index is 1060.